The molecule has 92 valence electrons. The van der Waals surface area contributed by atoms with Crippen LogP contribution in [-0.2, 0) is 7.05 Å². The zero-order valence-electron chi connectivity index (χ0n) is 10.1. The maximum Gasteiger partial charge on any atom is 0.295 e. The molecule has 0 fully saturated rings. The molecule has 0 amide bonds. The molecule has 0 aromatic carbocycles. The van der Waals surface area contributed by atoms with E-state index < -0.39 is 0 Å². The number of hydrogen-bond acceptors (Lipinski definition) is 4. The van der Waals surface area contributed by atoms with Crippen molar-refractivity contribution in [2.24, 2.45) is 12.8 Å². The molecule has 0 aliphatic heterocycles. The molecule has 0 radical (unpaired) electrons. The molecule has 2 aromatic rings. The van der Waals surface area contributed by atoms with Crippen LogP contribution < -0.4 is 11.3 Å². The first-order valence-electron chi connectivity index (χ1n) is 5.81. The Hall–Kier alpha value is -1.69. The average molecular weight is 235 g/mol. The zero-order valence-corrected chi connectivity index (χ0v) is 10.1. The largest absolute Gasteiger partial charge is 0.321 e. The molecule has 0 bridgehead atoms. The molecule has 17 heavy (non-hydrogen) atoms. The molecule has 6 heteroatoms. The predicted octanol–water partition coefficient (Wildman–Crippen LogP) is 0.618. The van der Waals surface area contributed by atoms with E-state index in [1.54, 1.807) is 23.8 Å². The second kappa shape index (κ2) is 4.67. The molecule has 2 N–H and O–H groups in total. The van der Waals surface area contributed by atoms with Crippen molar-refractivity contribution >= 4 is 5.65 Å². The van der Waals surface area contributed by atoms with Gasteiger partial charge >= 0.3 is 0 Å². The van der Waals surface area contributed by atoms with Crippen molar-refractivity contribution in [3.8, 4) is 0 Å². The fraction of sp³-hybridized carbons (Fsp3) is 0.545. The van der Waals surface area contributed by atoms with Crippen LogP contribution in [-0.4, -0.2) is 19.2 Å². The van der Waals surface area contributed by atoms with Crippen molar-refractivity contribution < 1.29 is 0 Å². The third kappa shape index (κ3) is 2.08. The Morgan fingerprint density at radius 1 is 1.41 bits per heavy atom. The van der Waals surface area contributed by atoms with Gasteiger partial charge in [-0.3, -0.25) is 9.20 Å². The summed E-state index contributed by atoms with van der Waals surface area (Å²) in [5.41, 5.74) is 6.22. The van der Waals surface area contributed by atoms with Gasteiger partial charge in [0.2, 0.25) is 5.65 Å². The molecule has 0 unspecified atom stereocenters. The van der Waals surface area contributed by atoms with E-state index in [9.17, 15) is 4.79 Å². The van der Waals surface area contributed by atoms with E-state index in [-0.39, 0.29) is 11.6 Å². The SMILES string of the molecule is CCCC[C@H](N)c1nnc2c(=O)n(C)ccn12. The van der Waals surface area contributed by atoms with E-state index in [0.717, 1.165) is 19.3 Å². The van der Waals surface area contributed by atoms with E-state index in [2.05, 4.69) is 17.1 Å². The third-order valence-corrected chi connectivity index (χ3v) is 2.87. The molecular weight excluding hydrogens is 218 g/mol. The summed E-state index contributed by atoms with van der Waals surface area (Å²) in [5, 5.41) is 7.93. The Balaban J connectivity index is 2.43. The molecule has 1 atom stereocenters. The number of unbranched alkanes of at least 4 members (excludes halogenated alkanes) is 1. The summed E-state index contributed by atoms with van der Waals surface area (Å²) < 4.78 is 3.16. The van der Waals surface area contributed by atoms with Crippen molar-refractivity contribution in [2.45, 2.75) is 32.2 Å². The second-order valence-electron chi connectivity index (χ2n) is 4.21. The molecule has 0 saturated carbocycles. The summed E-state index contributed by atoms with van der Waals surface area (Å²) in [7, 11) is 1.69. The lowest BCUT2D eigenvalue weighted by Gasteiger charge is -2.08. The number of hydrogen-bond donors (Lipinski definition) is 1. The second-order valence-corrected chi connectivity index (χ2v) is 4.21. The Labute approximate surface area is 99.1 Å². The monoisotopic (exact) mass is 235 g/mol. The molecule has 6 nitrogen and oxygen atoms in total. The maximum atomic E-state index is 11.8. The number of aromatic nitrogens is 4. The van der Waals surface area contributed by atoms with Gasteiger partial charge in [-0.2, -0.15) is 0 Å². The van der Waals surface area contributed by atoms with Crippen LogP contribution in [0.15, 0.2) is 17.2 Å². The summed E-state index contributed by atoms with van der Waals surface area (Å²) in [6, 6.07) is -0.169. The Kier molecular flexibility index (Phi) is 3.23. The van der Waals surface area contributed by atoms with Crippen molar-refractivity contribution in [1.29, 1.82) is 0 Å². The predicted molar refractivity (Wildman–Crippen MR) is 64.7 cm³/mol. The van der Waals surface area contributed by atoms with Crippen LogP contribution >= 0.6 is 0 Å². The van der Waals surface area contributed by atoms with Gasteiger partial charge in [-0.25, -0.2) is 0 Å². The molecule has 0 saturated heterocycles. The third-order valence-electron chi connectivity index (χ3n) is 2.87. The van der Waals surface area contributed by atoms with Gasteiger partial charge in [0, 0.05) is 19.4 Å². The minimum atomic E-state index is -0.169. The maximum absolute atomic E-state index is 11.8. The summed E-state index contributed by atoms with van der Waals surface area (Å²) >= 11 is 0. The minimum absolute atomic E-state index is 0.158. The molecule has 2 rings (SSSR count). The van der Waals surface area contributed by atoms with Crippen LogP contribution in [0.25, 0.3) is 5.65 Å². The highest BCUT2D eigenvalue weighted by atomic mass is 16.1. The van der Waals surface area contributed by atoms with E-state index in [1.807, 2.05) is 0 Å². The highest BCUT2D eigenvalue weighted by Crippen LogP contribution is 2.14. The fourth-order valence-corrected chi connectivity index (χ4v) is 1.79. The van der Waals surface area contributed by atoms with Crippen LogP contribution in [0.2, 0.25) is 0 Å². The first-order chi connectivity index (χ1) is 8.15. The van der Waals surface area contributed by atoms with Gasteiger partial charge in [0.15, 0.2) is 5.82 Å². The number of nitrogens with two attached hydrogens (primary N) is 1. The van der Waals surface area contributed by atoms with E-state index in [4.69, 9.17) is 5.73 Å². The molecule has 2 heterocycles. The van der Waals surface area contributed by atoms with Crippen LogP contribution in [0.3, 0.4) is 0 Å². The number of rotatable bonds is 4. The van der Waals surface area contributed by atoms with Crippen LogP contribution in [0.4, 0.5) is 0 Å². The van der Waals surface area contributed by atoms with Crippen molar-refractivity contribution in [3.05, 3.63) is 28.6 Å². The van der Waals surface area contributed by atoms with Crippen LogP contribution in [0.1, 0.15) is 38.1 Å². The Morgan fingerprint density at radius 3 is 2.88 bits per heavy atom. The zero-order chi connectivity index (χ0) is 12.4. The van der Waals surface area contributed by atoms with Gasteiger partial charge < -0.3 is 10.3 Å². The number of aryl methyl sites for hydroxylation is 1. The molecule has 0 aliphatic carbocycles. The first kappa shape index (κ1) is 11.8. The minimum Gasteiger partial charge on any atom is -0.321 e. The van der Waals surface area contributed by atoms with E-state index in [0.29, 0.717) is 11.5 Å². The van der Waals surface area contributed by atoms with E-state index in [1.165, 1.54) is 4.57 Å². The lowest BCUT2D eigenvalue weighted by atomic mass is 10.1. The highest BCUT2D eigenvalue weighted by molar-refractivity contribution is 5.35. The summed E-state index contributed by atoms with van der Waals surface area (Å²) in [6.45, 7) is 2.12. The number of fused-ring (bicyclic) bond motifs is 1. The van der Waals surface area contributed by atoms with Crippen molar-refractivity contribution in [1.82, 2.24) is 19.2 Å². The average Bonchev–Trinajstić information content (AvgIpc) is 2.75. The molecule has 0 aliphatic rings. The van der Waals surface area contributed by atoms with Gasteiger partial charge in [-0.05, 0) is 6.42 Å². The smallest absolute Gasteiger partial charge is 0.295 e. The van der Waals surface area contributed by atoms with Crippen LogP contribution in [0.5, 0.6) is 0 Å². The van der Waals surface area contributed by atoms with Gasteiger partial charge in [-0.15, -0.1) is 10.2 Å². The number of nitrogens with zero attached hydrogens (tertiary/aromatic N) is 4. The quantitative estimate of drug-likeness (QED) is 0.842. The molecular formula is C11H17N5O. The van der Waals surface area contributed by atoms with Gasteiger partial charge in [0.05, 0.1) is 6.04 Å². The Morgan fingerprint density at radius 2 is 2.18 bits per heavy atom. The summed E-state index contributed by atoms with van der Waals surface area (Å²) in [4.78, 5) is 11.8. The topological polar surface area (TPSA) is 78.2 Å². The normalized spacial score (nSPS) is 13.1. The summed E-state index contributed by atoms with van der Waals surface area (Å²) in [5.74, 6) is 0.658. The standard InChI is InChI=1S/C11H17N5O/c1-3-4-5-8(12)9-13-14-10-11(17)15(2)6-7-16(9)10/h6-8H,3-5,12H2,1-2H3/t8-/m0/s1. The van der Waals surface area contributed by atoms with Crippen molar-refractivity contribution in [2.75, 3.05) is 0 Å². The Bertz CT molecular complexity index is 571. The molecule has 2 aromatic heterocycles. The lowest BCUT2D eigenvalue weighted by molar-refractivity contribution is 0.569. The highest BCUT2D eigenvalue weighted by Gasteiger charge is 2.15. The van der Waals surface area contributed by atoms with Gasteiger partial charge in [0.25, 0.3) is 5.56 Å². The van der Waals surface area contributed by atoms with Crippen molar-refractivity contribution in [3.63, 3.8) is 0 Å². The van der Waals surface area contributed by atoms with Crippen LogP contribution in [0, 0.1) is 0 Å². The summed E-state index contributed by atoms with van der Waals surface area (Å²) in [6.07, 6.45) is 6.45. The van der Waals surface area contributed by atoms with Gasteiger partial charge in [0.1, 0.15) is 0 Å². The molecule has 0 spiro atoms. The first-order valence-corrected chi connectivity index (χ1v) is 5.81. The van der Waals surface area contributed by atoms with Gasteiger partial charge in [-0.1, -0.05) is 19.8 Å². The van der Waals surface area contributed by atoms with E-state index >= 15 is 0 Å². The fourth-order valence-electron chi connectivity index (χ4n) is 1.79. The lowest BCUT2D eigenvalue weighted by Crippen LogP contribution is -2.20.